The van der Waals surface area contributed by atoms with E-state index in [4.69, 9.17) is 4.74 Å². The molecule has 3 amide bonds. The number of hydrogen-bond acceptors (Lipinski definition) is 5. The molecule has 0 aromatic carbocycles. The first-order chi connectivity index (χ1) is 14.1. The van der Waals surface area contributed by atoms with E-state index < -0.39 is 0 Å². The molecular formula is C20H27N5O4. The van der Waals surface area contributed by atoms with Gasteiger partial charge in [-0.1, -0.05) is 0 Å². The first-order valence-electron chi connectivity index (χ1n) is 10.6. The first kappa shape index (κ1) is 18.6. The highest BCUT2D eigenvalue weighted by atomic mass is 16.5. The van der Waals surface area contributed by atoms with Crippen molar-refractivity contribution in [3.63, 3.8) is 0 Å². The highest BCUT2D eigenvalue weighted by molar-refractivity contribution is 5.95. The van der Waals surface area contributed by atoms with Gasteiger partial charge in [0.2, 0.25) is 17.7 Å². The predicted octanol–water partition coefficient (Wildman–Crippen LogP) is 0.421. The molecule has 156 valence electrons. The zero-order valence-electron chi connectivity index (χ0n) is 16.5. The third-order valence-corrected chi connectivity index (χ3v) is 6.66. The zero-order valence-corrected chi connectivity index (χ0v) is 16.5. The van der Waals surface area contributed by atoms with Gasteiger partial charge in [0, 0.05) is 64.5 Å². The van der Waals surface area contributed by atoms with Gasteiger partial charge in [0.25, 0.3) is 0 Å². The monoisotopic (exact) mass is 401 g/mol. The van der Waals surface area contributed by atoms with E-state index in [1.807, 2.05) is 20.7 Å². The highest BCUT2D eigenvalue weighted by Crippen LogP contribution is 2.30. The van der Waals surface area contributed by atoms with Gasteiger partial charge in [-0.3, -0.25) is 19.1 Å². The van der Waals surface area contributed by atoms with Crippen molar-refractivity contribution < 1.29 is 19.1 Å². The molecule has 0 bridgehead atoms. The number of carbonyl (C=O) groups excluding carboxylic acids is 3. The standard InChI is InChI=1S/C20H27N5O4/c26-18-2-1-5-23(18)16-9-21-25(13-16)17-11-22(12-17)20(28)14-8-19(27)24(10-14)15-3-6-29-7-4-15/h9,13-15,17H,1-8,10-12H2. The quantitative estimate of drug-likeness (QED) is 0.730. The zero-order chi connectivity index (χ0) is 20.0. The van der Waals surface area contributed by atoms with Gasteiger partial charge in [-0.25, -0.2) is 0 Å². The molecule has 4 saturated heterocycles. The number of hydrogen-bond donors (Lipinski definition) is 0. The highest BCUT2D eigenvalue weighted by Gasteiger charge is 2.43. The van der Waals surface area contributed by atoms with Crippen LogP contribution in [-0.4, -0.2) is 82.7 Å². The van der Waals surface area contributed by atoms with E-state index in [0.717, 1.165) is 31.5 Å². The molecule has 5 heterocycles. The molecule has 4 aliphatic heterocycles. The fourth-order valence-corrected chi connectivity index (χ4v) is 4.90. The van der Waals surface area contributed by atoms with E-state index in [1.54, 1.807) is 11.1 Å². The largest absolute Gasteiger partial charge is 0.381 e. The molecule has 0 saturated carbocycles. The smallest absolute Gasteiger partial charge is 0.228 e. The molecule has 0 aliphatic carbocycles. The molecule has 0 radical (unpaired) electrons. The lowest BCUT2D eigenvalue weighted by Crippen LogP contribution is -2.53. The molecule has 0 spiro atoms. The number of rotatable bonds is 4. The molecule has 29 heavy (non-hydrogen) atoms. The average Bonchev–Trinajstić information content (AvgIpc) is 3.41. The molecule has 9 heteroatoms. The summed E-state index contributed by atoms with van der Waals surface area (Å²) in [5, 5.41) is 4.40. The van der Waals surface area contributed by atoms with Crippen LogP contribution in [0.2, 0.25) is 0 Å². The second kappa shape index (κ2) is 7.44. The van der Waals surface area contributed by atoms with E-state index in [2.05, 4.69) is 5.10 Å². The molecule has 9 nitrogen and oxygen atoms in total. The van der Waals surface area contributed by atoms with Crippen LogP contribution in [0.4, 0.5) is 5.69 Å². The van der Waals surface area contributed by atoms with Gasteiger partial charge in [-0.2, -0.15) is 5.10 Å². The number of carbonyl (C=O) groups is 3. The lowest BCUT2D eigenvalue weighted by molar-refractivity contribution is -0.141. The van der Waals surface area contributed by atoms with Crippen molar-refractivity contribution in [2.24, 2.45) is 5.92 Å². The Bertz CT molecular complexity index is 812. The fourth-order valence-electron chi connectivity index (χ4n) is 4.90. The second-order valence-electron chi connectivity index (χ2n) is 8.52. The van der Waals surface area contributed by atoms with Crippen LogP contribution in [0.3, 0.4) is 0 Å². The van der Waals surface area contributed by atoms with Gasteiger partial charge in [-0.05, 0) is 19.3 Å². The maximum atomic E-state index is 12.9. The minimum Gasteiger partial charge on any atom is -0.381 e. The maximum Gasteiger partial charge on any atom is 0.228 e. The van der Waals surface area contributed by atoms with Crippen LogP contribution < -0.4 is 4.90 Å². The SMILES string of the molecule is O=C(C1CC(=O)N(C2CCOCC2)C1)N1CC(n2cc(N3CCCC3=O)cn2)C1. The Labute approximate surface area is 169 Å². The Morgan fingerprint density at radius 1 is 1.07 bits per heavy atom. The van der Waals surface area contributed by atoms with Crippen LogP contribution in [0.1, 0.15) is 38.1 Å². The van der Waals surface area contributed by atoms with E-state index in [9.17, 15) is 14.4 Å². The third-order valence-electron chi connectivity index (χ3n) is 6.66. The van der Waals surface area contributed by atoms with Gasteiger partial charge >= 0.3 is 0 Å². The van der Waals surface area contributed by atoms with E-state index in [0.29, 0.717) is 45.7 Å². The molecule has 1 atom stereocenters. The van der Waals surface area contributed by atoms with Crippen molar-refractivity contribution >= 4 is 23.4 Å². The first-order valence-corrected chi connectivity index (χ1v) is 10.6. The van der Waals surface area contributed by atoms with Crippen LogP contribution in [0.5, 0.6) is 0 Å². The summed E-state index contributed by atoms with van der Waals surface area (Å²) in [7, 11) is 0. The Morgan fingerprint density at radius 2 is 1.86 bits per heavy atom. The number of likely N-dealkylation sites (tertiary alicyclic amines) is 2. The topological polar surface area (TPSA) is 88.0 Å². The van der Waals surface area contributed by atoms with Crippen LogP contribution in [-0.2, 0) is 19.1 Å². The van der Waals surface area contributed by atoms with Crippen molar-refractivity contribution in [3.8, 4) is 0 Å². The number of amides is 3. The van der Waals surface area contributed by atoms with Gasteiger partial charge < -0.3 is 19.4 Å². The number of aromatic nitrogens is 2. The molecule has 0 N–H and O–H groups in total. The normalized spacial score (nSPS) is 26.5. The average molecular weight is 401 g/mol. The number of ether oxygens (including phenoxy) is 1. The van der Waals surface area contributed by atoms with Gasteiger partial charge in [0.05, 0.1) is 23.8 Å². The van der Waals surface area contributed by atoms with E-state index in [1.165, 1.54) is 0 Å². The van der Waals surface area contributed by atoms with Crippen molar-refractivity contribution in [2.45, 2.75) is 44.2 Å². The molecule has 5 rings (SSSR count). The molecule has 4 aliphatic rings. The van der Waals surface area contributed by atoms with Crippen molar-refractivity contribution in [3.05, 3.63) is 12.4 Å². The molecular weight excluding hydrogens is 374 g/mol. The van der Waals surface area contributed by atoms with Gasteiger partial charge in [-0.15, -0.1) is 0 Å². The Hall–Kier alpha value is -2.42. The van der Waals surface area contributed by atoms with Crippen LogP contribution in [0.25, 0.3) is 0 Å². The minimum atomic E-state index is -0.235. The molecule has 1 aromatic heterocycles. The minimum absolute atomic E-state index is 0.0752. The lowest BCUT2D eigenvalue weighted by Gasteiger charge is -2.40. The summed E-state index contributed by atoms with van der Waals surface area (Å²) in [6, 6.07) is 0.350. The fraction of sp³-hybridized carbons (Fsp3) is 0.700. The Morgan fingerprint density at radius 3 is 2.59 bits per heavy atom. The third kappa shape index (κ3) is 3.41. The number of nitrogens with zero attached hydrogens (tertiary/aromatic N) is 5. The van der Waals surface area contributed by atoms with E-state index >= 15 is 0 Å². The Kier molecular flexibility index (Phi) is 4.77. The maximum absolute atomic E-state index is 12.9. The summed E-state index contributed by atoms with van der Waals surface area (Å²) in [5.41, 5.74) is 0.839. The van der Waals surface area contributed by atoms with Gasteiger partial charge in [0.15, 0.2) is 0 Å². The number of anilines is 1. The molecule has 1 unspecified atom stereocenters. The summed E-state index contributed by atoms with van der Waals surface area (Å²) >= 11 is 0. The summed E-state index contributed by atoms with van der Waals surface area (Å²) in [5.74, 6) is 0.0854. The van der Waals surface area contributed by atoms with E-state index in [-0.39, 0.29) is 35.7 Å². The van der Waals surface area contributed by atoms with Crippen LogP contribution in [0.15, 0.2) is 12.4 Å². The summed E-state index contributed by atoms with van der Waals surface area (Å²) in [6.07, 6.45) is 7.17. The Balaban J connectivity index is 1.15. The summed E-state index contributed by atoms with van der Waals surface area (Å²) < 4.78 is 7.24. The van der Waals surface area contributed by atoms with Crippen LogP contribution in [0, 0.1) is 5.92 Å². The summed E-state index contributed by atoms with van der Waals surface area (Å²) in [4.78, 5) is 42.7. The second-order valence-corrected chi connectivity index (χ2v) is 8.52. The summed E-state index contributed by atoms with van der Waals surface area (Å²) in [6.45, 7) is 3.88. The molecule has 4 fully saturated rings. The van der Waals surface area contributed by atoms with Crippen LogP contribution >= 0.6 is 0 Å². The molecule has 1 aromatic rings. The lowest BCUT2D eigenvalue weighted by atomic mass is 10.0. The predicted molar refractivity (Wildman–Crippen MR) is 103 cm³/mol. The van der Waals surface area contributed by atoms with Crippen molar-refractivity contribution in [1.29, 1.82) is 0 Å². The van der Waals surface area contributed by atoms with Gasteiger partial charge in [0.1, 0.15) is 0 Å². The van der Waals surface area contributed by atoms with Crippen molar-refractivity contribution in [2.75, 3.05) is 44.3 Å². The van der Waals surface area contributed by atoms with Crippen molar-refractivity contribution in [1.82, 2.24) is 19.6 Å².